The average Bonchev–Trinajstić information content (AvgIpc) is 2.53. The van der Waals surface area contributed by atoms with Gasteiger partial charge in [-0.2, -0.15) is 0 Å². The van der Waals surface area contributed by atoms with Gasteiger partial charge in [-0.15, -0.1) is 0 Å². The molecule has 2 nitrogen and oxygen atoms in total. The molecule has 0 radical (unpaired) electrons. The highest BCUT2D eigenvalue weighted by Gasteiger charge is 2.28. The van der Waals surface area contributed by atoms with E-state index in [9.17, 15) is 0 Å². The fourth-order valence-electron chi connectivity index (χ4n) is 2.75. The Kier molecular flexibility index (Phi) is 2.89. The van der Waals surface area contributed by atoms with Gasteiger partial charge in [0.25, 0.3) is 0 Å². The van der Waals surface area contributed by atoms with Gasteiger partial charge in [-0.25, -0.2) is 0 Å². The van der Waals surface area contributed by atoms with Crippen LogP contribution in [0.5, 0.6) is 0 Å². The van der Waals surface area contributed by atoms with Gasteiger partial charge in [0.15, 0.2) is 0 Å². The third-order valence-corrected chi connectivity index (χ3v) is 3.76. The minimum atomic E-state index is 0.458. The van der Waals surface area contributed by atoms with Crippen LogP contribution in [0.2, 0.25) is 0 Å². The molecule has 1 heterocycles. The summed E-state index contributed by atoms with van der Waals surface area (Å²) in [4.78, 5) is 2.62. The summed E-state index contributed by atoms with van der Waals surface area (Å²) < 4.78 is 0. The highest BCUT2D eigenvalue weighted by molar-refractivity contribution is 4.85. The molecule has 2 N–H and O–H groups in total. The summed E-state index contributed by atoms with van der Waals surface area (Å²) in [5.41, 5.74) is 5.92. The lowest BCUT2D eigenvalue weighted by Crippen LogP contribution is -2.37. The molecule has 0 bridgehead atoms. The zero-order valence-electron chi connectivity index (χ0n) is 8.71. The molecule has 2 rings (SSSR count). The fraction of sp³-hybridized carbons (Fsp3) is 1.00. The molecular formula is C11H22N2. The summed E-state index contributed by atoms with van der Waals surface area (Å²) in [7, 11) is 0. The number of nitrogens with two attached hydrogens (primary N) is 1. The van der Waals surface area contributed by atoms with Crippen LogP contribution in [0.1, 0.15) is 39.0 Å². The van der Waals surface area contributed by atoms with Crippen molar-refractivity contribution < 1.29 is 0 Å². The first-order valence-electron chi connectivity index (χ1n) is 5.75. The second kappa shape index (κ2) is 3.97. The van der Waals surface area contributed by atoms with E-state index >= 15 is 0 Å². The summed E-state index contributed by atoms with van der Waals surface area (Å²) in [6.07, 6.45) is 6.89. The molecule has 0 aromatic heterocycles. The summed E-state index contributed by atoms with van der Waals surface area (Å²) in [5.74, 6) is 0.965. The Bertz CT molecular complexity index is 161. The van der Waals surface area contributed by atoms with Crippen molar-refractivity contribution in [1.82, 2.24) is 4.90 Å². The highest BCUT2D eigenvalue weighted by Crippen LogP contribution is 2.28. The van der Waals surface area contributed by atoms with Gasteiger partial charge in [-0.1, -0.05) is 6.92 Å². The molecule has 0 aromatic rings. The summed E-state index contributed by atoms with van der Waals surface area (Å²) in [6, 6.07) is 1.32. The first-order chi connectivity index (χ1) is 6.25. The van der Waals surface area contributed by atoms with Crippen LogP contribution in [0.15, 0.2) is 0 Å². The molecular weight excluding hydrogens is 160 g/mol. The van der Waals surface area contributed by atoms with E-state index in [4.69, 9.17) is 5.73 Å². The van der Waals surface area contributed by atoms with E-state index in [-0.39, 0.29) is 0 Å². The van der Waals surface area contributed by atoms with E-state index in [0.717, 1.165) is 18.5 Å². The number of nitrogens with zero attached hydrogens (tertiary/aromatic N) is 1. The van der Waals surface area contributed by atoms with Gasteiger partial charge in [-0.3, -0.25) is 4.90 Å². The van der Waals surface area contributed by atoms with Crippen molar-refractivity contribution in [2.45, 2.75) is 51.1 Å². The van der Waals surface area contributed by atoms with Crippen LogP contribution >= 0.6 is 0 Å². The molecule has 0 amide bonds. The van der Waals surface area contributed by atoms with Crippen molar-refractivity contribution in [2.75, 3.05) is 13.1 Å². The molecule has 1 saturated carbocycles. The zero-order chi connectivity index (χ0) is 9.26. The van der Waals surface area contributed by atoms with Crippen molar-refractivity contribution in [3.63, 3.8) is 0 Å². The molecule has 1 aliphatic carbocycles. The summed E-state index contributed by atoms with van der Waals surface area (Å²) in [6.45, 7) is 4.78. The van der Waals surface area contributed by atoms with E-state index in [2.05, 4.69) is 11.8 Å². The van der Waals surface area contributed by atoms with Crippen LogP contribution < -0.4 is 5.73 Å². The van der Waals surface area contributed by atoms with Crippen molar-refractivity contribution >= 4 is 0 Å². The number of hydrogen-bond acceptors (Lipinski definition) is 2. The first-order valence-corrected chi connectivity index (χ1v) is 5.75. The SMILES string of the molecule is CC1CCC(N2CC[C@@H](N)C2)CC1. The topological polar surface area (TPSA) is 29.3 Å². The standard InChI is InChI=1S/C11H22N2/c1-9-2-4-11(5-3-9)13-7-6-10(12)8-13/h9-11H,2-8,12H2,1H3/t9?,10-,11?/m1/s1. The van der Waals surface area contributed by atoms with Gasteiger partial charge in [0.05, 0.1) is 0 Å². The number of hydrogen-bond donors (Lipinski definition) is 1. The lowest BCUT2D eigenvalue weighted by Gasteiger charge is -2.33. The molecule has 13 heavy (non-hydrogen) atoms. The Morgan fingerprint density at radius 1 is 1.08 bits per heavy atom. The Labute approximate surface area is 81.5 Å². The largest absolute Gasteiger partial charge is 0.326 e. The maximum atomic E-state index is 5.92. The third kappa shape index (κ3) is 2.23. The van der Waals surface area contributed by atoms with Crippen LogP contribution in [-0.2, 0) is 0 Å². The Morgan fingerprint density at radius 2 is 1.77 bits per heavy atom. The quantitative estimate of drug-likeness (QED) is 0.667. The van der Waals surface area contributed by atoms with Crippen molar-refractivity contribution in [3.8, 4) is 0 Å². The molecule has 0 aromatic carbocycles. The number of likely N-dealkylation sites (tertiary alicyclic amines) is 1. The number of rotatable bonds is 1. The van der Waals surface area contributed by atoms with Crippen LogP contribution in [0.3, 0.4) is 0 Å². The van der Waals surface area contributed by atoms with Gasteiger partial charge < -0.3 is 5.73 Å². The lowest BCUT2D eigenvalue weighted by molar-refractivity contribution is 0.168. The summed E-state index contributed by atoms with van der Waals surface area (Å²) >= 11 is 0. The lowest BCUT2D eigenvalue weighted by atomic mass is 9.87. The second-order valence-electron chi connectivity index (χ2n) is 4.96. The molecule has 76 valence electrons. The minimum absolute atomic E-state index is 0.458. The maximum absolute atomic E-state index is 5.92. The van der Waals surface area contributed by atoms with E-state index in [1.165, 1.54) is 38.6 Å². The van der Waals surface area contributed by atoms with Crippen molar-refractivity contribution in [1.29, 1.82) is 0 Å². The van der Waals surface area contributed by atoms with Gasteiger partial charge in [0.2, 0.25) is 0 Å². The zero-order valence-corrected chi connectivity index (χ0v) is 8.71. The molecule has 2 aliphatic rings. The van der Waals surface area contributed by atoms with Crippen LogP contribution in [0, 0.1) is 5.92 Å². The molecule has 1 aliphatic heterocycles. The van der Waals surface area contributed by atoms with Crippen LogP contribution in [0.25, 0.3) is 0 Å². The Hall–Kier alpha value is -0.0800. The molecule has 1 atom stereocenters. The highest BCUT2D eigenvalue weighted by atomic mass is 15.2. The van der Waals surface area contributed by atoms with Crippen LogP contribution in [-0.4, -0.2) is 30.1 Å². The molecule has 1 saturated heterocycles. The van der Waals surface area contributed by atoms with Gasteiger partial charge in [0, 0.05) is 25.2 Å². The second-order valence-corrected chi connectivity index (χ2v) is 4.96. The van der Waals surface area contributed by atoms with Gasteiger partial charge in [0.1, 0.15) is 0 Å². The normalized spacial score (nSPS) is 42.5. The Balaban J connectivity index is 1.81. The fourth-order valence-corrected chi connectivity index (χ4v) is 2.75. The van der Waals surface area contributed by atoms with Crippen LogP contribution in [0.4, 0.5) is 0 Å². The minimum Gasteiger partial charge on any atom is -0.326 e. The molecule has 0 spiro atoms. The van der Waals surface area contributed by atoms with Gasteiger partial charge >= 0.3 is 0 Å². The van der Waals surface area contributed by atoms with E-state index < -0.39 is 0 Å². The average molecular weight is 182 g/mol. The van der Waals surface area contributed by atoms with E-state index in [1.54, 1.807) is 0 Å². The monoisotopic (exact) mass is 182 g/mol. The van der Waals surface area contributed by atoms with Gasteiger partial charge in [-0.05, 0) is 38.0 Å². The Morgan fingerprint density at radius 3 is 2.31 bits per heavy atom. The third-order valence-electron chi connectivity index (χ3n) is 3.76. The smallest absolute Gasteiger partial charge is 0.0180 e. The van der Waals surface area contributed by atoms with E-state index in [1.807, 2.05) is 0 Å². The van der Waals surface area contributed by atoms with Crippen molar-refractivity contribution in [3.05, 3.63) is 0 Å². The van der Waals surface area contributed by atoms with E-state index in [0.29, 0.717) is 6.04 Å². The maximum Gasteiger partial charge on any atom is 0.0180 e. The molecule has 2 fully saturated rings. The first kappa shape index (κ1) is 9.47. The van der Waals surface area contributed by atoms with Crippen molar-refractivity contribution in [2.24, 2.45) is 11.7 Å². The summed E-state index contributed by atoms with van der Waals surface area (Å²) in [5, 5.41) is 0. The molecule has 2 heteroatoms. The predicted molar refractivity (Wildman–Crippen MR) is 55.6 cm³/mol. The molecule has 0 unspecified atom stereocenters. The predicted octanol–water partition coefficient (Wildman–Crippen LogP) is 1.60.